The molecule has 1 rings (SSSR count). The lowest BCUT2D eigenvalue weighted by Crippen LogP contribution is -2.21. The Balaban J connectivity index is 3.00. The first-order valence-corrected chi connectivity index (χ1v) is 7.18. The number of aromatic nitrogens is 2. The van der Waals surface area contributed by atoms with Gasteiger partial charge in [-0.25, -0.2) is 0 Å². The van der Waals surface area contributed by atoms with Crippen LogP contribution in [0.1, 0.15) is 45.5 Å². The van der Waals surface area contributed by atoms with Crippen molar-refractivity contribution in [3.8, 4) is 0 Å². The summed E-state index contributed by atoms with van der Waals surface area (Å²) in [4.78, 5) is 0. The van der Waals surface area contributed by atoms with E-state index in [1.165, 1.54) is 10.2 Å². The Bertz CT molecular complexity index is 369. The second-order valence-electron chi connectivity index (χ2n) is 5.26. The lowest BCUT2D eigenvalue weighted by atomic mass is 9.84. The van der Waals surface area contributed by atoms with Gasteiger partial charge in [-0.15, -0.1) is 0 Å². The van der Waals surface area contributed by atoms with E-state index in [9.17, 15) is 0 Å². The van der Waals surface area contributed by atoms with Crippen LogP contribution in [0.15, 0.2) is 4.47 Å². The summed E-state index contributed by atoms with van der Waals surface area (Å²) < 4.78 is 3.30. The predicted octanol–water partition coefficient (Wildman–Crippen LogP) is 3.15. The highest BCUT2D eigenvalue weighted by atomic mass is 79.9. The molecule has 0 spiro atoms. The summed E-state index contributed by atoms with van der Waals surface area (Å²) in [6.07, 6.45) is 3.03. The summed E-state index contributed by atoms with van der Waals surface area (Å²) in [5.41, 5.74) is 8.37. The van der Waals surface area contributed by atoms with Gasteiger partial charge >= 0.3 is 0 Å². The highest BCUT2D eigenvalue weighted by Gasteiger charge is 2.23. The highest BCUT2D eigenvalue weighted by Crippen LogP contribution is 2.31. The number of hydrogen-bond donors (Lipinski definition) is 1. The molecule has 1 aromatic heterocycles. The van der Waals surface area contributed by atoms with Crippen molar-refractivity contribution in [3.63, 3.8) is 0 Å². The van der Waals surface area contributed by atoms with Gasteiger partial charge in [0.15, 0.2) is 0 Å². The molecule has 0 aliphatic heterocycles. The molecule has 3 nitrogen and oxygen atoms in total. The second-order valence-corrected chi connectivity index (χ2v) is 6.05. The Morgan fingerprint density at radius 1 is 1.35 bits per heavy atom. The minimum absolute atomic E-state index is 0.231. The van der Waals surface area contributed by atoms with E-state index in [4.69, 9.17) is 5.73 Å². The fourth-order valence-electron chi connectivity index (χ4n) is 2.12. The Labute approximate surface area is 113 Å². The van der Waals surface area contributed by atoms with E-state index in [1.807, 2.05) is 0 Å². The first kappa shape index (κ1) is 14.7. The lowest BCUT2D eigenvalue weighted by molar-refractivity contribution is 0.327. The van der Waals surface area contributed by atoms with Gasteiger partial charge < -0.3 is 5.73 Å². The third kappa shape index (κ3) is 3.55. The van der Waals surface area contributed by atoms with Gasteiger partial charge in [0.05, 0.1) is 15.9 Å². The van der Waals surface area contributed by atoms with Gasteiger partial charge in [-0.05, 0) is 54.1 Å². The zero-order chi connectivity index (χ0) is 13.1. The van der Waals surface area contributed by atoms with Crippen molar-refractivity contribution in [1.29, 1.82) is 0 Å². The van der Waals surface area contributed by atoms with Crippen molar-refractivity contribution < 1.29 is 0 Å². The summed E-state index contributed by atoms with van der Waals surface area (Å²) in [5.74, 6) is 0. The van der Waals surface area contributed by atoms with Crippen LogP contribution in [0.2, 0.25) is 0 Å². The smallest absolute Gasteiger partial charge is 0.0766 e. The average Bonchev–Trinajstić information content (AvgIpc) is 2.55. The first-order valence-electron chi connectivity index (χ1n) is 6.39. The maximum atomic E-state index is 5.67. The molecular formula is C13H24BrN3. The molecule has 0 amide bonds. The summed E-state index contributed by atoms with van der Waals surface area (Å²) in [7, 11) is 0. The Morgan fingerprint density at radius 3 is 2.47 bits per heavy atom. The van der Waals surface area contributed by atoms with Crippen molar-refractivity contribution in [2.75, 3.05) is 6.54 Å². The van der Waals surface area contributed by atoms with Crippen LogP contribution < -0.4 is 5.73 Å². The van der Waals surface area contributed by atoms with Crippen molar-refractivity contribution in [2.24, 2.45) is 11.1 Å². The molecule has 17 heavy (non-hydrogen) atoms. The molecule has 98 valence electrons. The molecule has 0 aliphatic carbocycles. The topological polar surface area (TPSA) is 43.8 Å². The van der Waals surface area contributed by atoms with Crippen LogP contribution in [0.4, 0.5) is 0 Å². The van der Waals surface area contributed by atoms with Gasteiger partial charge in [-0.2, -0.15) is 5.10 Å². The number of aryl methyl sites for hydroxylation is 2. The molecule has 0 saturated heterocycles. The van der Waals surface area contributed by atoms with E-state index in [1.54, 1.807) is 0 Å². The molecule has 1 aromatic rings. The van der Waals surface area contributed by atoms with E-state index in [2.05, 4.69) is 53.4 Å². The molecule has 0 bridgehead atoms. The third-order valence-corrected chi connectivity index (χ3v) is 4.08. The Kier molecular flexibility index (Phi) is 5.20. The normalized spacial score (nSPS) is 12.1. The van der Waals surface area contributed by atoms with Crippen molar-refractivity contribution in [2.45, 2.75) is 53.5 Å². The van der Waals surface area contributed by atoms with Crippen LogP contribution in [-0.4, -0.2) is 16.3 Å². The Hall–Kier alpha value is -0.350. The van der Waals surface area contributed by atoms with Crippen LogP contribution in [-0.2, 0) is 19.4 Å². The number of halogens is 1. The predicted molar refractivity (Wildman–Crippen MR) is 76.1 cm³/mol. The van der Waals surface area contributed by atoms with Crippen molar-refractivity contribution in [1.82, 2.24) is 9.78 Å². The monoisotopic (exact) mass is 301 g/mol. The maximum Gasteiger partial charge on any atom is 0.0766 e. The maximum absolute atomic E-state index is 5.67. The lowest BCUT2D eigenvalue weighted by Gasteiger charge is -2.24. The van der Waals surface area contributed by atoms with Crippen LogP contribution in [0.5, 0.6) is 0 Å². The van der Waals surface area contributed by atoms with Gasteiger partial charge in [0, 0.05) is 6.54 Å². The van der Waals surface area contributed by atoms with Gasteiger partial charge in [-0.3, -0.25) is 4.68 Å². The van der Waals surface area contributed by atoms with E-state index in [0.29, 0.717) is 0 Å². The van der Waals surface area contributed by atoms with Crippen molar-refractivity contribution >= 4 is 15.9 Å². The standard InChI is InChI=1S/C13H24BrN3/c1-5-10-12(14)11(17(6-2)16-10)9-13(3,4)7-8-15/h5-9,15H2,1-4H3. The highest BCUT2D eigenvalue weighted by molar-refractivity contribution is 9.10. The molecule has 0 saturated carbocycles. The molecule has 0 aromatic carbocycles. The first-order chi connectivity index (χ1) is 7.95. The summed E-state index contributed by atoms with van der Waals surface area (Å²) >= 11 is 3.69. The zero-order valence-electron chi connectivity index (χ0n) is 11.4. The van der Waals surface area contributed by atoms with Crippen LogP contribution in [0.3, 0.4) is 0 Å². The number of nitrogens with two attached hydrogens (primary N) is 1. The number of nitrogens with zero attached hydrogens (tertiary/aromatic N) is 2. The largest absolute Gasteiger partial charge is 0.330 e. The molecule has 1 heterocycles. The summed E-state index contributed by atoms with van der Waals surface area (Å²) in [6, 6.07) is 0. The zero-order valence-corrected chi connectivity index (χ0v) is 13.0. The van der Waals surface area contributed by atoms with Crippen LogP contribution >= 0.6 is 15.9 Å². The molecular weight excluding hydrogens is 278 g/mol. The second kappa shape index (κ2) is 6.01. The van der Waals surface area contributed by atoms with Crippen molar-refractivity contribution in [3.05, 3.63) is 15.9 Å². The summed E-state index contributed by atoms with van der Waals surface area (Å²) in [6.45, 7) is 10.5. The quantitative estimate of drug-likeness (QED) is 0.877. The molecule has 2 N–H and O–H groups in total. The SMILES string of the molecule is CCc1nn(CC)c(CC(C)(C)CCN)c1Br. The number of rotatable bonds is 6. The van der Waals surface area contributed by atoms with Gasteiger partial charge in [0.25, 0.3) is 0 Å². The minimum atomic E-state index is 0.231. The fourth-order valence-corrected chi connectivity index (χ4v) is 2.82. The Morgan fingerprint density at radius 2 is 2.00 bits per heavy atom. The third-order valence-electron chi connectivity index (χ3n) is 3.16. The van der Waals surface area contributed by atoms with E-state index < -0.39 is 0 Å². The molecule has 4 heteroatoms. The summed E-state index contributed by atoms with van der Waals surface area (Å²) in [5, 5.41) is 4.63. The van der Waals surface area contributed by atoms with Gasteiger partial charge in [-0.1, -0.05) is 20.8 Å². The van der Waals surface area contributed by atoms with E-state index in [-0.39, 0.29) is 5.41 Å². The number of hydrogen-bond acceptors (Lipinski definition) is 2. The van der Waals surface area contributed by atoms with E-state index in [0.717, 1.165) is 38.0 Å². The van der Waals surface area contributed by atoms with E-state index >= 15 is 0 Å². The molecule has 0 unspecified atom stereocenters. The molecule has 0 radical (unpaired) electrons. The van der Waals surface area contributed by atoms with Crippen LogP contribution in [0.25, 0.3) is 0 Å². The molecule has 0 aliphatic rings. The average molecular weight is 302 g/mol. The molecule has 0 atom stereocenters. The minimum Gasteiger partial charge on any atom is -0.330 e. The fraction of sp³-hybridized carbons (Fsp3) is 0.769. The van der Waals surface area contributed by atoms with Crippen LogP contribution in [0, 0.1) is 5.41 Å². The molecule has 0 fully saturated rings. The van der Waals surface area contributed by atoms with Gasteiger partial charge in [0.1, 0.15) is 0 Å². The van der Waals surface area contributed by atoms with Gasteiger partial charge in [0.2, 0.25) is 0 Å².